The number of methoxy groups -OCH3 is 1. The van der Waals surface area contributed by atoms with Crippen LogP contribution in [0, 0.1) is 0 Å². The van der Waals surface area contributed by atoms with Gasteiger partial charge in [-0.3, -0.25) is 4.79 Å². The molecule has 0 heterocycles. The van der Waals surface area contributed by atoms with E-state index in [9.17, 15) is 4.79 Å². The number of carbonyl (C=O) groups is 1. The van der Waals surface area contributed by atoms with E-state index in [1.165, 1.54) is 6.42 Å². The van der Waals surface area contributed by atoms with Crippen LogP contribution in [0.4, 0.5) is 0 Å². The van der Waals surface area contributed by atoms with Crippen LogP contribution in [0.5, 0.6) is 0 Å². The molecule has 0 aromatic carbocycles. The van der Waals surface area contributed by atoms with E-state index in [0.717, 1.165) is 19.3 Å². The van der Waals surface area contributed by atoms with Crippen molar-refractivity contribution < 1.29 is 14.3 Å². The molecule has 1 aliphatic rings. The lowest BCUT2D eigenvalue weighted by Gasteiger charge is -2.28. The zero-order chi connectivity index (χ0) is 11.1. The van der Waals surface area contributed by atoms with E-state index in [0.29, 0.717) is 25.3 Å². The molecule has 0 aromatic heterocycles. The van der Waals surface area contributed by atoms with Gasteiger partial charge in [0, 0.05) is 13.2 Å². The summed E-state index contributed by atoms with van der Waals surface area (Å²) in [6.07, 6.45) is 4.76. The molecule has 0 aliphatic heterocycles. The van der Waals surface area contributed by atoms with Crippen LogP contribution in [-0.4, -0.2) is 38.4 Å². The maximum atomic E-state index is 11.1. The largest absolute Gasteiger partial charge is 0.465 e. The number of rotatable bonds is 5. The highest BCUT2D eigenvalue weighted by Gasteiger charge is 2.21. The number of carbonyl (C=O) groups excluding carboxylic acids is 1. The Bertz CT molecular complexity index is 196. The van der Waals surface area contributed by atoms with Crippen molar-refractivity contribution >= 4 is 5.97 Å². The molecule has 0 aromatic rings. The second kappa shape index (κ2) is 6.80. The highest BCUT2D eigenvalue weighted by molar-refractivity contribution is 5.71. The summed E-state index contributed by atoms with van der Waals surface area (Å²) in [6.45, 7) is 2.58. The first-order valence-corrected chi connectivity index (χ1v) is 5.68. The summed E-state index contributed by atoms with van der Waals surface area (Å²) < 4.78 is 10.2. The number of hydrogen-bond acceptors (Lipinski definition) is 4. The maximum Gasteiger partial charge on any atom is 0.319 e. The minimum Gasteiger partial charge on any atom is -0.465 e. The summed E-state index contributed by atoms with van der Waals surface area (Å²) in [5, 5.41) is 3.22. The van der Waals surface area contributed by atoms with Crippen molar-refractivity contribution in [3.8, 4) is 0 Å². The van der Waals surface area contributed by atoms with E-state index >= 15 is 0 Å². The van der Waals surface area contributed by atoms with Crippen LogP contribution in [0.3, 0.4) is 0 Å². The van der Waals surface area contributed by atoms with Crippen LogP contribution in [0.2, 0.25) is 0 Å². The summed E-state index contributed by atoms with van der Waals surface area (Å²) in [4.78, 5) is 11.1. The van der Waals surface area contributed by atoms with Crippen molar-refractivity contribution in [3.63, 3.8) is 0 Å². The smallest absolute Gasteiger partial charge is 0.319 e. The molecule has 2 atom stereocenters. The summed E-state index contributed by atoms with van der Waals surface area (Å²) >= 11 is 0. The van der Waals surface area contributed by atoms with Crippen molar-refractivity contribution in [1.29, 1.82) is 0 Å². The van der Waals surface area contributed by atoms with Gasteiger partial charge in [0.2, 0.25) is 0 Å². The number of nitrogens with one attached hydrogen (secondary N) is 1. The average molecular weight is 215 g/mol. The molecule has 0 radical (unpaired) electrons. The predicted molar refractivity (Wildman–Crippen MR) is 57.7 cm³/mol. The first-order chi connectivity index (χ1) is 7.26. The third-order valence-corrected chi connectivity index (χ3v) is 2.80. The van der Waals surface area contributed by atoms with Crippen LogP contribution in [0.1, 0.15) is 32.6 Å². The van der Waals surface area contributed by atoms with Crippen LogP contribution < -0.4 is 5.32 Å². The molecule has 1 saturated carbocycles. The minimum atomic E-state index is -0.169. The summed E-state index contributed by atoms with van der Waals surface area (Å²) in [5.41, 5.74) is 0. The Morgan fingerprint density at radius 3 is 2.93 bits per heavy atom. The van der Waals surface area contributed by atoms with E-state index < -0.39 is 0 Å². The molecule has 0 amide bonds. The molecule has 4 nitrogen and oxygen atoms in total. The Labute approximate surface area is 91.3 Å². The van der Waals surface area contributed by atoms with E-state index in [2.05, 4.69) is 5.32 Å². The van der Waals surface area contributed by atoms with Crippen molar-refractivity contribution in [2.45, 2.75) is 44.8 Å². The zero-order valence-corrected chi connectivity index (χ0v) is 9.62. The molecule has 1 rings (SSSR count). The van der Waals surface area contributed by atoms with Gasteiger partial charge in [0.25, 0.3) is 0 Å². The van der Waals surface area contributed by atoms with Gasteiger partial charge in [0.15, 0.2) is 0 Å². The first-order valence-electron chi connectivity index (χ1n) is 5.68. The lowest BCUT2D eigenvalue weighted by atomic mass is 9.93. The van der Waals surface area contributed by atoms with Crippen LogP contribution in [0.25, 0.3) is 0 Å². The molecule has 0 saturated heterocycles. The second-order valence-electron chi connectivity index (χ2n) is 3.91. The Balaban J connectivity index is 2.17. The summed E-state index contributed by atoms with van der Waals surface area (Å²) in [6, 6.07) is 0.396. The van der Waals surface area contributed by atoms with Crippen molar-refractivity contribution in [1.82, 2.24) is 5.32 Å². The number of esters is 1. The van der Waals surface area contributed by atoms with Crippen LogP contribution in [-0.2, 0) is 14.3 Å². The van der Waals surface area contributed by atoms with E-state index in [1.807, 2.05) is 6.92 Å². The fraction of sp³-hybridized carbons (Fsp3) is 0.909. The van der Waals surface area contributed by atoms with Gasteiger partial charge in [-0.05, 0) is 32.6 Å². The third kappa shape index (κ3) is 4.62. The van der Waals surface area contributed by atoms with Gasteiger partial charge in [-0.15, -0.1) is 0 Å². The average Bonchev–Trinajstić information content (AvgIpc) is 2.27. The molecule has 1 aliphatic carbocycles. The quantitative estimate of drug-likeness (QED) is 0.698. The molecule has 15 heavy (non-hydrogen) atoms. The van der Waals surface area contributed by atoms with Gasteiger partial charge in [0.1, 0.15) is 0 Å². The fourth-order valence-electron chi connectivity index (χ4n) is 1.98. The highest BCUT2D eigenvalue weighted by atomic mass is 16.5. The normalized spacial score (nSPS) is 26.3. The topological polar surface area (TPSA) is 47.6 Å². The van der Waals surface area contributed by atoms with Crippen molar-refractivity contribution in [3.05, 3.63) is 0 Å². The van der Waals surface area contributed by atoms with Gasteiger partial charge >= 0.3 is 5.97 Å². The molecule has 1 fully saturated rings. The Morgan fingerprint density at radius 2 is 2.27 bits per heavy atom. The Morgan fingerprint density at radius 1 is 1.47 bits per heavy atom. The Hall–Kier alpha value is -0.610. The number of ether oxygens (including phenoxy) is 2. The number of hydrogen-bond donors (Lipinski definition) is 1. The van der Waals surface area contributed by atoms with Crippen LogP contribution >= 0.6 is 0 Å². The van der Waals surface area contributed by atoms with E-state index in [4.69, 9.17) is 9.47 Å². The van der Waals surface area contributed by atoms with Crippen molar-refractivity contribution in [2.24, 2.45) is 0 Å². The molecule has 1 N–H and O–H groups in total. The lowest BCUT2D eigenvalue weighted by Crippen LogP contribution is -2.39. The summed E-state index contributed by atoms with van der Waals surface area (Å²) in [7, 11) is 1.75. The minimum absolute atomic E-state index is 0.169. The SMILES string of the molecule is CCOC(=O)CNC1CCCC(OC)C1. The predicted octanol–water partition coefficient (Wildman–Crippen LogP) is 1.10. The fourth-order valence-corrected chi connectivity index (χ4v) is 1.98. The highest BCUT2D eigenvalue weighted by Crippen LogP contribution is 2.20. The molecule has 4 heteroatoms. The van der Waals surface area contributed by atoms with Gasteiger partial charge in [-0.1, -0.05) is 0 Å². The zero-order valence-electron chi connectivity index (χ0n) is 9.62. The van der Waals surface area contributed by atoms with Gasteiger partial charge in [0.05, 0.1) is 19.3 Å². The first kappa shape index (κ1) is 12.5. The molecule has 0 bridgehead atoms. The molecule has 2 unspecified atom stereocenters. The second-order valence-corrected chi connectivity index (χ2v) is 3.91. The van der Waals surface area contributed by atoms with Gasteiger partial charge in [-0.25, -0.2) is 0 Å². The molecular weight excluding hydrogens is 194 g/mol. The molecular formula is C11H21NO3. The summed E-state index contributed by atoms with van der Waals surface area (Å²) in [5.74, 6) is -0.169. The van der Waals surface area contributed by atoms with Crippen molar-refractivity contribution in [2.75, 3.05) is 20.3 Å². The van der Waals surface area contributed by atoms with E-state index in [-0.39, 0.29) is 5.97 Å². The molecule has 0 spiro atoms. The van der Waals surface area contributed by atoms with Gasteiger partial charge in [-0.2, -0.15) is 0 Å². The molecule has 88 valence electrons. The third-order valence-electron chi connectivity index (χ3n) is 2.80. The maximum absolute atomic E-state index is 11.1. The van der Waals surface area contributed by atoms with Gasteiger partial charge < -0.3 is 14.8 Å². The van der Waals surface area contributed by atoms with Crippen LogP contribution in [0.15, 0.2) is 0 Å². The Kier molecular flexibility index (Phi) is 5.65. The monoisotopic (exact) mass is 215 g/mol. The van der Waals surface area contributed by atoms with E-state index in [1.54, 1.807) is 7.11 Å². The standard InChI is InChI=1S/C11H21NO3/c1-3-15-11(13)8-12-9-5-4-6-10(7-9)14-2/h9-10,12H,3-8H2,1-2H3. The lowest BCUT2D eigenvalue weighted by molar-refractivity contribution is -0.142.